The van der Waals surface area contributed by atoms with Crippen LogP contribution in [0.25, 0.3) is 10.9 Å². The lowest BCUT2D eigenvalue weighted by molar-refractivity contribution is -0.117. The van der Waals surface area contributed by atoms with E-state index in [1.165, 1.54) is 18.1 Å². The van der Waals surface area contributed by atoms with Crippen LogP contribution in [-0.4, -0.2) is 34.2 Å². The summed E-state index contributed by atoms with van der Waals surface area (Å²) in [5.41, 5.74) is 0.829. The summed E-state index contributed by atoms with van der Waals surface area (Å²) in [5, 5.41) is 6.56. The fourth-order valence-corrected chi connectivity index (χ4v) is 2.52. The molecule has 2 aromatic rings. The van der Waals surface area contributed by atoms with Gasteiger partial charge in [-0.05, 0) is 12.0 Å². The molecule has 0 radical (unpaired) electrons. The van der Waals surface area contributed by atoms with E-state index in [1.807, 2.05) is 38.1 Å². The Morgan fingerprint density at radius 3 is 2.77 bits per heavy atom. The van der Waals surface area contributed by atoms with Crippen LogP contribution in [0.1, 0.15) is 13.8 Å². The van der Waals surface area contributed by atoms with Crippen LogP contribution >= 0.6 is 11.8 Å². The Morgan fingerprint density at radius 1 is 1.23 bits per heavy atom. The monoisotopic (exact) mass is 318 g/mol. The van der Waals surface area contributed by atoms with E-state index in [4.69, 9.17) is 0 Å². The van der Waals surface area contributed by atoms with Crippen LogP contribution < -0.4 is 10.6 Å². The molecule has 0 saturated carbocycles. The van der Waals surface area contributed by atoms with Crippen molar-refractivity contribution in [1.29, 1.82) is 0 Å². The number of nitrogens with zero attached hydrogens (tertiary/aromatic N) is 2. The summed E-state index contributed by atoms with van der Waals surface area (Å²) in [6.07, 6.45) is 1.47. The third kappa shape index (κ3) is 4.70. The molecule has 0 fully saturated rings. The molecule has 1 aromatic carbocycles. The topological polar surface area (TPSA) is 84.0 Å². The highest BCUT2D eigenvalue weighted by Crippen LogP contribution is 2.23. The molecule has 0 atom stereocenters. The number of urea groups is 1. The molecule has 0 aliphatic carbocycles. The molecule has 0 spiro atoms. The molecule has 1 aromatic heterocycles. The first kappa shape index (κ1) is 16.2. The number of rotatable bonds is 5. The molecule has 22 heavy (non-hydrogen) atoms. The standard InChI is InChI=1S/C15H18N4O2S/c1-10(2)7-16-15(21)19-13(20)8-22-14-11-5-3-4-6-12(11)17-9-18-14/h3-6,9-10H,7-8H2,1-2H3,(H2,16,19,20,21). The summed E-state index contributed by atoms with van der Waals surface area (Å²) < 4.78 is 0. The van der Waals surface area contributed by atoms with Gasteiger partial charge in [-0.15, -0.1) is 0 Å². The highest BCUT2D eigenvalue weighted by atomic mass is 32.2. The molecule has 0 bridgehead atoms. The van der Waals surface area contributed by atoms with Gasteiger partial charge in [-0.3, -0.25) is 10.1 Å². The van der Waals surface area contributed by atoms with Crippen LogP contribution in [0.5, 0.6) is 0 Å². The van der Waals surface area contributed by atoms with E-state index >= 15 is 0 Å². The van der Waals surface area contributed by atoms with Gasteiger partial charge >= 0.3 is 6.03 Å². The summed E-state index contributed by atoms with van der Waals surface area (Å²) >= 11 is 1.28. The fraction of sp³-hybridized carbons (Fsp3) is 0.333. The van der Waals surface area contributed by atoms with E-state index in [9.17, 15) is 9.59 Å². The highest BCUT2D eigenvalue weighted by molar-refractivity contribution is 8.00. The number of amides is 3. The summed E-state index contributed by atoms with van der Waals surface area (Å²) in [4.78, 5) is 31.6. The molecule has 2 N–H and O–H groups in total. The zero-order valence-corrected chi connectivity index (χ0v) is 13.3. The molecule has 116 valence electrons. The molecule has 6 nitrogen and oxygen atoms in total. The Kier molecular flexibility index (Phi) is 5.71. The number of hydrogen-bond acceptors (Lipinski definition) is 5. The minimum atomic E-state index is -0.466. The normalized spacial score (nSPS) is 10.7. The fourth-order valence-electron chi connectivity index (χ4n) is 1.73. The van der Waals surface area contributed by atoms with Gasteiger partial charge in [0.25, 0.3) is 0 Å². The first-order valence-corrected chi connectivity index (χ1v) is 7.95. The van der Waals surface area contributed by atoms with Crippen LogP contribution in [0.15, 0.2) is 35.6 Å². The first-order valence-electron chi connectivity index (χ1n) is 6.96. The maximum absolute atomic E-state index is 11.8. The molecule has 0 aliphatic rings. The number of para-hydroxylation sites is 1. The number of benzene rings is 1. The predicted molar refractivity (Wildman–Crippen MR) is 86.6 cm³/mol. The van der Waals surface area contributed by atoms with Gasteiger partial charge < -0.3 is 5.32 Å². The summed E-state index contributed by atoms with van der Waals surface area (Å²) in [5.74, 6) is 0.104. The lowest BCUT2D eigenvalue weighted by Crippen LogP contribution is -2.41. The van der Waals surface area contributed by atoms with Crippen molar-refractivity contribution in [3.05, 3.63) is 30.6 Å². The second-order valence-corrected chi connectivity index (χ2v) is 6.10. The van der Waals surface area contributed by atoms with Gasteiger partial charge in [0.15, 0.2) is 0 Å². The van der Waals surface area contributed by atoms with Crippen LogP contribution in [0.3, 0.4) is 0 Å². The van der Waals surface area contributed by atoms with Crippen molar-refractivity contribution in [3.8, 4) is 0 Å². The lowest BCUT2D eigenvalue weighted by Gasteiger charge is -2.08. The number of imide groups is 1. The Morgan fingerprint density at radius 2 is 2.00 bits per heavy atom. The molecule has 0 unspecified atom stereocenters. The lowest BCUT2D eigenvalue weighted by atomic mass is 10.2. The minimum absolute atomic E-state index is 0.121. The number of carbonyl (C=O) groups excluding carboxylic acids is 2. The minimum Gasteiger partial charge on any atom is -0.338 e. The Labute approximate surface area is 133 Å². The summed E-state index contributed by atoms with van der Waals surface area (Å²) in [7, 11) is 0. The van der Waals surface area contributed by atoms with E-state index in [2.05, 4.69) is 20.6 Å². The van der Waals surface area contributed by atoms with Crippen LogP contribution in [0.2, 0.25) is 0 Å². The first-order chi connectivity index (χ1) is 10.6. The number of nitrogens with one attached hydrogen (secondary N) is 2. The molecule has 1 heterocycles. The average Bonchev–Trinajstić information content (AvgIpc) is 2.51. The number of fused-ring (bicyclic) bond motifs is 1. The van der Waals surface area contributed by atoms with Crippen molar-refractivity contribution in [2.75, 3.05) is 12.3 Å². The van der Waals surface area contributed by atoms with Crippen molar-refractivity contribution in [3.63, 3.8) is 0 Å². The molecule has 2 rings (SSSR count). The van der Waals surface area contributed by atoms with Gasteiger partial charge in [-0.25, -0.2) is 14.8 Å². The largest absolute Gasteiger partial charge is 0.338 e. The molecule has 7 heteroatoms. The summed E-state index contributed by atoms with van der Waals surface area (Å²) in [6.45, 7) is 4.50. The smallest absolute Gasteiger partial charge is 0.321 e. The van der Waals surface area contributed by atoms with Gasteiger partial charge in [0.05, 0.1) is 11.3 Å². The van der Waals surface area contributed by atoms with Gasteiger partial charge in [0, 0.05) is 11.9 Å². The highest BCUT2D eigenvalue weighted by Gasteiger charge is 2.10. The number of hydrogen-bond donors (Lipinski definition) is 2. The molecule has 3 amide bonds. The maximum atomic E-state index is 11.8. The molecular formula is C15H18N4O2S. The van der Waals surface area contributed by atoms with Crippen molar-refractivity contribution >= 4 is 34.6 Å². The second kappa shape index (κ2) is 7.74. The SMILES string of the molecule is CC(C)CNC(=O)NC(=O)CSc1ncnc2ccccc12. The van der Waals surface area contributed by atoms with E-state index in [0.717, 1.165) is 15.9 Å². The Balaban J connectivity index is 1.89. The van der Waals surface area contributed by atoms with Crippen LogP contribution in [-0.2, 0) is 4.79 Å². The van der Waals surface area contributed by atoms with Crippen LogP contribution in [0.4, 0.5) is 4.79 Å². The van der Waals surface area contributed by atoms with E-state index in [-0.39, 0.29) is 11.7 Å². The predicted octanol–water partition coefficient (Wildman–Crippen LogP) is 2.20. The zero-order chi connectivity index (χ0) is 15.9. The second-order valence-electron chi connectivity index (χ2n) is 5.14. The van der Waals surface area contributed by atoms with Crippen LogP contribution in [0, 0.1) is 5.92 Å². The van der Waals surface area contributed by atoms with E-state index in [1.54, 1.807) is 0 Å². The van der Waals surface area contributed by atoms with E-state index < -0.39 is 6.03 Å². The summed E-state index contributed by atoms with van der Waals surface area (Å²) in [6, 6.07) is 7.13. The van der Waals surface area contributed by atoms with Crippen molar-refractivity contribution in [1.82, 2.24) is 20.6 Å². The maximum Gasteiger partial charge on any atom is 0.321 e. The average molecular weight is 318 g/mol. The third-order valence-corrected chi connectivity index (χ3v) is 3.78. The van der Waals surface area contributed by atoms with Crippen molar-refractivity contribution in [2.45, 2.75) is 18.9 Å². The van der Waals surface area contributed by atoms with Crippen molar-refractivity contribution in [2.24, 2.45) is 5.92 Å². The quantitative estimate of drug-likeness (QED) is 0.652. The molecule has 0 saturated heterocycles. The Hall–Kier alpha value is -2.15. The number of aromatic nitrogens is 2. The molecular weight excluding hydrogens is 300 g/mol. The molecule has 0 aliphatic heterocycles. The zero-order valence-electron chi connectivity index (χ0n) is 12.5. The number of carbonyl (C=O) groups is 2. The van der Waals surface area contributed by atoms with Gasteiger partial charge in [-0.1, -0.05) is 43.8 Å². The van der Waals surface area contributed by atoms with Gasteiger partial charge in [0.1, 0.15) is 11.4 Å². The third-order valence-electron chi connectivity index (χ3n) is 2.77. The number of thioether (sulfide) groups is 1. The van der Waals surface area contributed by atoms with Crippen molar-refractivity contribution < 1.29 is 9.59 Å². The Bertz CT molecular complexity index is 670. The van der Waals surface area contributed by atoms with Gasteiger partial charge in [0.2, 0.25) is 5.91 Å². The van der Waals surface area contributed by atoms with Gasteiger partial charge in [-0.2, -0.15) is 0 Å². The van der Waals surface area contributed by atoms with E-state index in [0.29, 0.717) is 12.5 Å².